The van der Waals surface area contributed by atoms with E-state index in [0.29, 0.717) is 0 Å². The van der Waals surface area contributed by atoms with Crippen LogP contribution in [-0.4, -0.2) is 0 Å². The Hall–Kier alpha value is -0.780. The first-order chi connectivity index (χ1) is 5.89. The van der Waals surface area contributed by atoms with E-state index in [9.17, 15) is 0 Å². The van der Waals surface area contributed by atoms with E-state index in [1.165, 1.54) is 5.57 Å². The molecule has 0 heteroatoms. The van der Waals surface area contributed by atoms with Crippen molar-refractivity contribution in [3.63, 3.8) is 0 Å². The van der Waals surface area contributed by atoms with Crippen LogP contribution in [0.3, 0.4) is 0 Å². The van der Waals surface area contributed by atoms with E-state index in [1.54, 1.807) is 0 Å². The van der Waals surface area contributed by atoms with E-state index < -0.39 is 0 Å². The lowest BCUT2D eigenvalue weighted by Crippen LogP contribution is -1.66. The minimum absolute atomic E-state index is 1.10. The highest BCUT2D eigenvalue weighted by Crippen LogP contribution is 2.03. The smallest absolute Gasteiger partial charge is 0.0135 e. The fourth-order valence-corrected chi connectivity index (χ4v) is 0.685. The molecule has 0 spiro atoms. The summed E-state index contributed by atoms with van der Waals surface area (Å²) in [6, 6.07) is 0. The zero-order valence-corrected chi connectivity index (χ0v) is 9.09. The van der Waals surface area contributed by atoms with Gasteiger partial charge in [0.1, 0.15) is 0 Å². The van der Waals surface area contributed by atoms with Gasteiger partial charge in [0.2, 0.25) is 0 Å². The third-order valence-electron chi connectivity index (χ3n) is 1.18. The molecule has 0 saturated carbocycles. The normalized spacial score (nSPS) is 12.9. The van der Waals surface area contributed by atoms with Gasteiger partial charge in [-0.2, -0.15) is 0 Å². The molecule has 0 atom stereocenters. The molecule has 1 rings (SSSR count). The second-order valence-electron chi connectivity index (χ2n) is 2.03. The van der Waals surface area contributed by atoms with Crippen LogP contribution < -0.4 is 0 Å². The molecule has 0 unspecified atom stereocenters. The van der Waals surface area contributed by atoms with Gasteiger partial charge in [-0.1, -0.05) is 63.6 Å². The lowest BCUT2D eigenvalue weighted by atomic mass is 10.2. The van der Waals surface area contributed by atoms with Crippen LogP contribution in [0.1, 0.15) is 41.0 Å². The Labute approximate surface area is 77.7 Å². The lowest BCUT2D eigenvalue weighted by Gasteiger charge is -1.86. The molecular formula is C12H22. The average Bonchev–Trinajstić information content (AvgIpc) is 2.40. The van der Waals surface area contributed by atoms with Crippen LogP contribution in [0, 0.1) is 0 Å². The molecule has 0 aromatic rings. The largest absolute Gasteiger partial charge is 0.0805 e. The Balaban J connectivity index is 0. The van der Waals surface area contributed by atoms with Gasteiger partial charge in [-0.25, -0.2) is 0 Å². The maximum Gasteiger partial charge on any atom is -0.0135 e. The molecule has 0 aliphatic heterocycles. The summed E-state index contributed by atoms with van der Waals surface area (Å²) >= 11 is 0. The van der Waals surface area contributed by atoms with Crippen molar-refractivity contribution in [2.45, 2.75) is 41.0 Å². The molecular weight excluding hydrogens is 144 g/mol. The van der Waals surface area contributed by atoms with Gasteiger partial charge in [-0.05, 0) is 13.3 Å². The first kappa shape index (κ1) is 13.8. The Morgan fingerprint density at radius 2 is 1.50 bits per heavy atom. The summed E-state index contributed by atoms with van der Waals surface area (Å²) in [4.78, 5) is 0. The van der Waals surface area contributed by atoms with Gasteiger partial charge in [0.15, 0.2) is 0 Å². The predicted molar refractivity (Wildman–Crippen MR) is 59.4 cm³/mol. The quantitative estimate of drug-likeness (QED) is 0.497. The first-order valence-electron chi connectivity index (χ1n) is 4.88. The number of hydrogen-bond acceptors (Lipinski definition) is 0. The van der Waals surface area contributed by atoms with Crippen molar-refractivity contribution in [1.29, 1.82) is 0 Å². The summed E-state index contributed by atoms with van der Waals surface area (Å²) in [5.74, 6) is 0. The van der Waals surface area contributed by atoms with Crippen molar-refractivity contribution in [1.82, 2.24) is 0 Å². The van der Waals surface area contributed by atoms with Gasteiger partial charge in [0, 0.05) is 0 Å². The number of rotatable bonds is 0. The molecule has 1 aliphatic rings. The molecule has 0 nitrogen and oxygen atoms in total. The van der Waals surface area contributed by atoms with Crippen LogP contribution in [0.2, 0.25) is 0 Å². The number of allylic oxidation sites excluding steroid dienone is 6. The highest BCUT2D eigenvalue weighted by Gasteiger charge is 1.83. The fourth-order valence-electron chi connectivity index (χ4n) is 0.685. The SMILES string of the molecule is CC.CC.CC1=CC=CC=CC1. The summed E-state index contributed by atoms with van der Waals surface area (Å²) in [6.45, 7) is 10.1. The van der Waals surface area contributed by atoms with Gasteiger partial charge >= 0.3 is 0 Å². The molecule has 12 heavy (non-hydrogen) atoms. The van der Waals surface area contributed by atoms with Crippen LogP contribution in [0.25, 0.3) is 0 Å². The molecule has 1 aliphatic carbocycles. The summed E-state index contributed by atoms with van der Waals surface area (Å²) in [7, 11) is 0. The van der Waals surface area contributed by atoms with Gasteiger partial charge in [0.05, 0.1) is 0 Å². The lowest BCUT2D eigenvalue weighted by molar-refractivity contribution is 1.22. The molecule has 0 bridgehead atoms. The van der Waals surface area contributed by atoms with E-state index in [4.69, 9.17) is 0 Å². The Bertz CT molecular complexity index is 147. The first-order valence-corrected chi connectivity index (χ1v) is 4.88. The van der Waals surface area contributed by atoms with Crippen LogP contribution in [-0.2, 0) is 0 Å². The second kappa shape index (κ2) is 12.9. The fraction of sp³-hybridized carbons (Fsp3) is 0.500. The Kier molecular flexibility index (Phi) is 14.8. The van der Waals surface area contributed by atoms with E-state index in [1.807, 2.05) is 27.7 Å². The molecule has 0 fully saturated rings. The highest BCUT2D eigenvalue weighted by atomic mass is 13.9. The summed E-state index contributed by atoms with van der Waals surface area (Å²) in [6.07, 6.45) is 11.6. The summed E-state index contributed by atoms with van der Waals surface area (Å²) in [5, 5.41) is 0. The molecule has 0 aromatic heterocycles. The van der Waals surface area contributed by atoms with Crippen LogP contribution in [0.4, 0.5) is 0 Å². The maximum atomic E-state index is 2.16. The van der Waals surface area contributed by atoms with E-state index >= 15 is 0 Å². The van der Waals surface area contributed by atoms with Crippen molar-refractivity contribution in [2.75, 3.05) is 0 Å². The van der Waals surface area contributed by atoms with Crippen molar-refractivity contribution in [3.8, 4) is 0 Å². The Morgan fingerprint density at radius 1 is 0.917 bits per heavy atom. The van der Waals surface area contributed by atoms with Gasteiger partial charge in [-0.3, -0.25) is 0 Å². The third-order valence-corrected chi connectivity index (χ3v) is 1.18. The molecule has 0 saturated heterocycles. The van der Waals surface area contributed by atoms with E-state index in [-0.39, 0.29) is 0 Å². The van der Waals surface area contributed by atoms with Crippen molar-refractivity contribution in [2.24, 2.45) is 0 Å². The molecule has 70 valence electrons. The van der Waals surface area contributed by atoms with Crippen LogP contribution in [0.15, 0.2) is 36.0 Å². The molecule has 0 amide bonds. The van der Waals surface area contributed by atoms with E-state index in [0.717, 1.165) is 6.42 Å². The van der Waals surface area contributed by atoms with Gasteiger partial charge in [0.25, 0.3) is 0 Å². The third kappa shape index (κ3) is 9.22. The van der Waals surface area contributed by atoms with E-state index in [2.05, 4.69) is 37.3 Å². The molecule has 0 radical (unpaired) electrons. The van der Waals surface area contributed by atoms with Gasteiger partial charge in [-0.15, -0.1) is 0 Å². The second-order valence-corrected chi connectivity index (χ2v) is 2.03. The maximum absolute atomic E-state index is 2.16. The zero-order valence-electron chi connectivity index (χ0n) is 9.09. The topological polar surface area (TPSA) is 0 Å². The minimum atomic E-state index is 1.10. The molecule has 0 aromatic carbocycles. The molecule has 0 heterocycles. The van der Waals surface area contributed by atoms with Crippen LogP contribution >= 0.6 is 0 Å². The zero-order chi connectivity index (χ0) is 9.82. The average molecular weight is 166 g/mol. The predicted octanol–water partition coefficient (Wildman–Crippen LogP) is 4.50. The van der Waals surface area contributed by atoms with Crippen LogP contribution in [0.5, 0.6) is 0 Å². The highest BCUT2D eigenvalue weighted by molar-refractivity contribution is 5.21. The van der Waals surface area contributed by atoms with Crippen molar-refractivity contribution < 1.29 is 0 Å². The Morgan fingerprint density at radius 3 is 2.08 bits per heavy atom. The summed E-state index contributed by atoms with van der Waals surface area (Å²) < 4.78 is 0. The minimum Gasteiger partial charge on any atom is -0.0805 e. The van der Waals surface area contributed by atoms with Crippen molar-refractivity contribution in [3.05, 3.63) is 36.0 Å². The standard InChI is InChI=1S/C8H10.2C2H6/c1-8-6-4-2-3-5-7-8;2*1-2/h2-6H,7H2,1H3;2*1-2H3. The molecule has 0 N–H and O–H groups in total. The van der Waals surface area contributed by atoms with Crippen molar-refractivity contribution >= 4 is 0 Å². The monoisotopic (exact) mass is 166 g/mol. The summed E-state index contributed by atoms with van der Waals surface area (Å²) in [5.41, 5.74) is 1.43. The number of hydrogen-bond donors (Lipinski definition) is 0. The van der Waals surface area contributed by atoms with Gasteiger partial charge < -0.3 is 0 Å².